The minimum Gasteiger partial charge on any atom is -0.356 e. The average molecular weight is 646 g/mol. The molecule has 0 aliphatic carbocycles. The summed E-state index contributed by atoms with van der Waals surface area (Å²) in [6.07, 6.45) is 5.87. The van der Waals surface area contributed by atoms with E-state index >= 15 is 4.39 Å². The van der Waals surface area contributed by atoms with Crippen LogP contribution in [-0.2, 0) is 11.3 Å². The Balaban J connectivity index is 1.26. The number of aryl methyl sites for hydroxylation is 1. The monoisotopic (exact) mass is 645 g/mol. The van der Waals surface area contributed by atoms with Crippen LogP contribution in [-0.4, -0.2) is 40.4 Å². The highest BCUT2D eigenvalue weighted by Gasteiger charge is 2.27. The van der Waals surface area contributed by atoms with Gasteiger partial charge in [0.15, 0.2) is 5.58 Å². The van der Waals surface area contributed by atoms with Gasteiger partial charge in [-0.2, -0.15) is 10.5 Å². The lowest BCUT2D eigenvalue weighted by atomic mass is 9.90. The lowest BCUT2D eigenvalue weighted by Crippen LogP contribution is -2.42. The molecule has 2 aromatic heterocycles. The van der Waals surface area contributed by atoms with Crippen LogP contribution < -0.4 is 15.7 Å². The lowest BCUT2D eigenvalue weighted by Gasteiger charge is -2.34. The van der Waals surface area contributed by atoms with E-state index in [0.717, 1.165) is 24.0 Å². The van der Waals surface area contributed by atoms with Crippen molar-refractivity contribution in [3.05, 3.63) is 106 Å². The number of carbonyl (C=O) groups is 1. The molecule has 3 N–H and O–H groups in total. The van der Waals surface area contributed by atoms with Crippen LogP contribution in [0.3, 0.4) is 0 Å². The first-order valence-electron chi connectivity index (χ1n) is 15.2. The van der Waals surface area contributed by atoms with Gasteiger partial charge in [0.25, 0.3) is 5.91 Å². The fourth-order valence-electron chi connectivity index (χ4n) is 5.91. The number of pyridine rings is 1. The van der Waals surface area contributed by atoms with Gasteiger partial charge in [-0.1, -0.05) is 35.5 Å². The number of nitrogens with zero attached hydrogens (tertiary/aromatic N) is 5. The van der Waals surface area contributed by atoms with Gasteiger partial charge in [-0.3, -0.25) is 10.0 Å². The molecule has 3 aromatic carbocycles. The van der Waals surface area contributed by atoms with Crippen LogP contribution in [0.5, 0.6) is 0 Å². The minimum absolute atomic E-state index is 0.122. The van der Waals surface area contributed by atoms with Crippen molar-refractivity contribution in [1.29, 1.82) is 10.5 Å². The van der Waals surface area contributed by atoms with Crippen molar-refractivity contribution in [2.75, 3.05) is 18.0 Å². The Bertz CT molecular complexity index is 2120. The second-order valence-corrected chi connectivity index (χ2v) is 11.5. The van der Waals surface area contributed by atoms with Gasteiger partial charge in [-0.15, -0.1) is 0 Å². The second-order valence-electron chi connectivity index (χ2n) is 11.5. The molecule has 10 nitrogen and oxygen atoms in total. The number of aromatic nitrogens is 2. The zero-order valence-electron chi connectivity index (χ0n) is 25.8. The first kappa shape index (κ1) is 32.0. The summed E-state index contributed by atoms with van der Waals surface area (Å²) >= 11 is 0. The van der Waals surface area contributed by atoms with Crippen molar-refractivity contribution >= 4 is 28.8 Å². The molecule has 6 rings (SSSR count). The number of carbonyl (C=O) groups excluding carboxylic acids is 1. The SMILES string of the molecule is Cc1noc2cc(-c3cnc(N4CCC(NCc5ccc(/C=C/C(=O)NO)cc5)CC4)c(C#N)c3-c3ccc(C#N)c(F)c3)c(F)cc12. The molecular weight excluding hydrogens is 616 g/mol. The predicted octanol–water partition coefficient (Wildman–Crippen LogP) is 6.16. The van der Waals surface area contributed by atoms with E-state index in [-0.39, 0.29) is 28.3 Å². The fraction of sp³-hybridized carbons (Fsp3) is 0.194. The molecule has 0 bridgehead atoms. The van der Waals surface area contributed by atoms with E-state index in [0.29, 0.717) is 53.2 Å². The third-order valence-corrected chi connectivity index (χ3v) is 8.49. The molecule has 1 amide bonds. The number of amides is 1. The topological polar surface area (TPSA) is 151 Å². The molecule has 1 saturated heterocycles. The zero-order valence-corrected chi connectivity index (χ0v) is 25.8. The Hall–Kier alpha value is -5.95. The highest BCUT2D eigenvalue weighted by molar-refractivity contribution is 5.94. The van der Waals surface area contributed by atoms with E-state index in [2.05, 4.69) is 21.5 Å². The summed E-state index contributed by atoms with van der Waals surface area (Å²) < 4.78 is 36.0. The molecule has 240 valence electrons. The molecular formula is C36H29F2N7O3. The van der Waals surface area contributed by atoms with Crippen LogP contribution >= 0.6 is 0 Å². The highest BCUT2D eigenvalue weighted by atomic mass is 19.1. The third-order valence-electron chi connectivity index (χ3n) is 8.49. The second kappa shape index (κ2) is 13.8. The number of fused-ring (bicyclic) bond motifs is 1. The quantitative estimate of drug-likeness (QED) is 0.102. The molecule has 1 aliphatic heterocycles. The van der Waals surface area contributed by atoms with E-state index in [1.807, 2.05) is 35.2 Å². The maximum absolute atomic E-state index is 15.6. The Labute approximate surface area is 274 Å². The maximum Gasteiger partial charge on any atom is 0.267 e. The largest absolute Gasteiger partial charge is 0.356 e. The predicted molar refractivity (Wildman–Crippen MR) is 174 cm³/mol. The number of piperidine rings is 1. The van der Waals surface area contributed by atoms with E-state index in [1.165, 1.54) is 36.5 Å². The summed E-state index contributed by atoms with van der Waals surface area (Å²) in [4.78, 5) is 17.9. The molecule has 1 aliphatic rings. The molecule has 12 heteroatoms. The van der Waals surface area contributed by atoms with E-state index < -0.39 is 17.5 Å². The number of hydrogen-bond donors (Lipinski definition) is 3. The molecule has 0 saturated carbocycles. The number of nitriles is 2. The molecule has 0 atom stereocenters. The third kappa shape index (κ3) is 6.48. The lowest BCUT2D eigenvalue weighted by molar-refractivity contribution is -0.124. The number of halogens is 2. The van der Waals surface area contributed by atoms with Crippen molar-refractivity contribution in [2.45, 2.75) is 32.4 Å². The van der Waals surface area contributed by atoms with Crippen LogP contribution in [0.4, 0.5) is 14.6 Å². The first-order valence-corrected chi connectivity index (χ1v) is 15.2. The van der Waals surface area contributed by atoms with Crippen LogP contribution in [0.25, 0.3) is 39.3 Å². The molecule has 0 radical (unpaired) electrons. The number of rotatable bonds is 8. The van der Waals surface area contributed by atoms with Crippen LogP contribution in [0.2, 0.25) is 0 Å². The zero-order chi connectivity index (χ0) is 33.8. The Morgan fingerprint density at radius 1 is 1.06 bits per heavy atom. The van der Waals surface area contributed by atoms with Crippen molar-refractivity contribution in [2.24, 2.45) is 0 Å². The van der Waals surface area contributed by atoms with Crippen molar-refractivity contribution in [1.82, 2.24) is 20.9 Å². The average Bonchev–Trinajstić information content (AvgIpc) is 3.47. The van der Waals surface area contributed by atoms with Crippen molar-refractivity contribution in [3.8, 4) is 34.4 Å². The molecule has 48 heavy (non-hydrogen) atoms. The van der Waals surface area contributed by atoms with Crippen molar-refractivity contribution < 1.29 is 23.3 Å². The summed E-state index contributed by atoms with van der Waals surface area (Å²) in [5.41, 5.74) is 5.37. The fourth-order valence-corrected chi connectivity index (χ4v) is 5.91. The standard InChI is InChI=1S/C36H29F2N7O3/c1-21-27-15-32(38)28(16-33(27)48-44-21)30-20-42-36(29(18-40)35(30)24-7-8-25(17-39)31(37)14-24)45-12-10-26(11-13-45)41-19-23-4-2-22(3-5-23)6-9-34(46)43-47/h2-9,14-16,20,26,41,47H,10-13,19H2,1H3,(H,43,46)/b9-6+. The van der Waals surface area contributed by atoms with E-state index in [9.17, 15) is 19.7 Å². The summed E-state index contributed by atoms with van der Waals surface area (Å²) in [7, 11) is 0. The van der Waals surface area contributed by atoms with Gasteiger partial charge in [0, 0.05) is 60.0 Å². The maximum atomic E-state index is 15.6. The van der Waals surface area contributed by atoms with Gasteiger partial charge in [0.2, 0.25) is 0 Å². The number of anilines is 1. The minimum atomic E-state index is -0.753. The highest BCUT2D eigenvalue weighted by Crippen LogP contribution is 2.41. The molecule has 1 fully saturated rings. The number of nitrogens with one attached hydrogen (secondary N) is 2. The summed E-state index contributed by atoms with van der Waals surface area (Å²) in [6, 6.07) is 18.8. The number of hydroxylamine groups is 1. The van der Waals surface area contributed by atoms with Crippen molar-refractivity contribution in [3.63, 3.8) is 0 Å². The molecule has 3 heterocycles. The normalized spacial score (nSPS) is 13.5. The van der Waals surface area contributed by atoms with Gasteiger partial charge in [0.1, 0.15) is 35.2 Å². The molecule has 0 spiro atoms. The summed E-state index contributed by atoms with van der Waals surface area (Å²) in [5.74, 6) is -1.52. The van der Waals surface area contributed by atoms with E-state index in [1.54, 1.807) is 24.5 Å². The Morgan fingerprint density at radius 2 is 1.83 bits per heavy atom. The molecule has 0 unspecified atom stereocenters. The van der Waals surface area contributed by atoms with Crippen LogP contribution in [0, 0.1) is 41.2 Å². The Morgan fingerprint density at radius 3 is 2.52 bits per heavy atom. The van der Waals surface area contributed by atoms with Crippen LogP contribution in [0.1, 0.15) is 40.8 Å². The molecule has 5 aromatic rings. The summed E-state index contributed by atoms with van der Waals surface area (Å²) in [6.45, 7) is 3.53. The van der Waals surface area contributed by atoms with Gasteiger partial charge in [0.05, 0.1) is 11.3 Å². The van der Waals surface area contributed by atoms with Gasteiger partial charge < -0.3 is 14.7 Å². The summed E-state index contributed by atoms with van der Waals surface area (Å²) in [5, 5.41) is 36.4. The van der Waals surface area contributed by atoms with Crippen LogP contribution in [0.15, 0.2) is 71.4 Å². The number of hydrogen-bond acceptors (Lipinski definition) is 9. The number of benzene rings is 3. The van der Waals surface area contributed by atoms with Gasteiger partial charge in [-0.05, 0) is 66.8 Å². The van der Waals surface area contributed by atoms with Gasteiger partial charge in [-0.25, -0.2) is 19.2 Å². The van der Waals surface area contributed by atoms with E-state index in [4.69, 9.17) is 9.73 Å². The smallest absolute Gasteiger partial charge is 0.267 e. The van der Waals surface area contributed by atoms with Gasteiger partial charge >= 0.3 is 0 Å². The Kier molecular flexibility index (Phi) is 9.21. The first-order chi connectivity index (χ1) is 23.3.